The number of hydrogen-bond acceptors (Lipinski definition) is 4. The van der Waals surface area contributed by atoms with Gasteiger partial charge in [0.25, 0.3) is 11.9 Å². The quantitative estimate of drug-likeness (QED) is 0.481. The van der Waals surface area contributed by atoms with Crippen molar-refractivity contribution in [1.82, 2.24) is 14.8 Å². The highest BCUT2D eigenvalue weighted by Crippen LogP contribution is 2.33. The molecule has 1 aliphatic rings. The number of hydrogen-bond donors (Lipinski definition) is 2. The zero-order valence-corrected chi connectivity index (χ0v) is 17.3. The monoisotopic (exact) mass is 425 g/mol. The van der Waals surface area contributed by atoms with Gasteiger partial charge in [-0.25, -0.2) is 9.07 Å². The summed E-state index contributed by atoms with van der Waals surface area (Å²) >= 11 is 0. The summed E-state index contributed by atoms with van der Waals surface area (Å²) in [5.41, 5.74) is 4.49. The Hall–Kier alpha value is -4.26. The maximum atomic E-state index is 13.2. The van der Waals surface area contributed by atoms with Crippen LogP contribution < -0.4 is 10.6 Å². The van der Waals surface area contributed by atoms with E-state index in [1.165, 1.54) is 29.8 Å². The van der Waals surface area contributed by atoms with Crippen LogP contribution in [0.2, 0.25) is 0 Å². The number of anilines is 2. The fourth-order valence-corrected chi connectivity index (χ4v) is 3.61. The van der Waals surface area contributed by atoms with Crippen molar-refractivity contribution in [3.8, 4) is 0 Å². The summed E-state index contributed by atoms with van der Waals surface area (Å²) in [5.74, 6) is -0.120. The molecular formula is C25H20FN5O. The summed E-state index contributed by atoms with van der Waals surface area (Å²) in [6.45, 7) is 2.05. The Labute approximate surface area is 184 Å². The molecule has 2 heterocycles. The number of rotatable bonds is 4. The number of amides is 1. The number of carbonyl (C=O) groups excluding carboxylic acids is 1. The molecule has 0 saturated carbocycles. The van der Waals surface area contributed by atoms with Crippen LogP contribution in [0.5, 0.6) is 0 Å². The molecule has 1 atom stereocenters. The van der Waals surface area contributed by atoms with Gasteiger partial charge in [0, 0.05) is 11.3 Å². The van der Waals surface area contributed by atoms with Crippen LogP contribution in [0.15, 0.2) is 84.9 Å². The number of benzene rings is 3. The number of fused-ring (bicyclic) bond motifs is 1. The van der Waals surface area contributed by atoms with Crippen molar-refractivity contribution >= 4 is 23.5 Å². The lowest BCUT2D eigenvalue weighted by molar-refractivity contribution is 0.102. The van der Waals surface area contributed by atoms with Crippen molar-refractivity contribution in [3.63, 3.8) is 0 Å². The minimum Gasteiger partial charge on any atom is -0.324 e. The van der Waals surface area contributed by atoms with Gasteiger partial charge in [0.1, 0.15) is 11.9 Å². The van der Waals surface area contributed by atoms with Crippen molar-refractivity contribution in [3.05, 3.63) is 113 Å². The van der Waals surface area contributed by atoms with Gasteiger partial charge in [-0.3, -0.25) is 10.1 Å². The number of nitrogens with one attached hydrogen (secondary N) is 2. The summed E-state index contributed by atoms with van der Waals surface area (Å²) in [6, 6.07) is 23.3. The third-order valence-corrected chi connectivity index (χ3v) is 5.30. The van der Waals surface area contributed by atoms with Crippen LogP contribution >= 0.6 is 0 Å². The Balaban J connectivity index is 1.49. The molecule has 0 saturated heterocycles. The van der Waals surface area contributed by atoms with E-state index in [2.05, 4.69) is 51.1 Å². The summed E-state index contributed by atoms with van der Waals surface area (Å²) in [4.78, 5) is 17.0. The molecule has 158 valence electrons. The fourth-order valence-electron chi connectivity index (χ4n) is 3.61. The number of aromatic nitrogens is 3. The average Bonchev–Trinajstić information content (AvgIpc) is 3.22. The number of halogens is 1. The van der Waals surface area contributed by atoms with Crippen molar-refractivity contribution < 1.29 is 9.18 Å². The van der Waals surface area contributed by atoms with Gasteiger partial charge in [-0.15, -0.1) is 5.10 Å². The largest absolute Gasteiger partial charge is 0.324 e. The molecule has 4 aromatic rings. The van der Waals surface area contributed by atoms with E-state index in [1.54, 1.807) is 4.68 Å². The van der Waals surface area contributed by atoms with E-state index in [4.69, 9.17) is 0 Å². The average molecular weight is 425 g/mol. The predicted molar refractivity (Wildman–Crippen MR) is 122 cm³/mol. The molecule has 1 aliphatic heterocycles. The maximum Gasteiger partial charge on any atom is 0.258 e. The SMILES string of the molecule is Cc1ccc(C2=C[C@H](c3ccccc3)n3nc(NC(=O)c4ccc(F)cc4)nc3N2)cc1. The molecule has 0 aliphatic carbocycles. The van der Waals surface area contributed by atoms with E-state index in [0.29, 0.717) is 11.5 Å². The second kappa shape index (κ2) is 8.11. The van der Waals surface area contributed by atoms with Crippen molar-refractivity contribution in [2.45, 2.75) is 13.0 Å². The first-order valence-electron chi connectivity index (χ1n) is 10.2. The van der Waals surface area contributed by atoms with Crippen LogP contribution in [0.4, 0.5) is 16.3 Å². The molecule has 3 aromatic carbocycles. The number of allylic oxidation sites excluding steroid dienone is 1. The number of nitrogens with zero attached hydrogens (tertiary/aromatic N) is 3. The second-order valence-corrected chi connectivity index (χ2v) is 7.59. The highest BCUT2D eigenvalue weighted by molar-refractivity contribution is 6.03. The Morgan fingerprint density at radius 3 is 2.44 bits per heavy atom. The zero-order valence-electron chi connectivity index (χ0n) is 17.3. The van der Waals surface area contributed by atoms with Crippen LogP contribution in [-0.2, 0) is 0 Å². The minimum atomic E-state index is -0.407. The minimum absolute atomic E-state index is 0.168. The molecule has 5 rings (SSSR count). The third kappa shape index (κ3) is 3.88. The second-order valence-electron chi connectivity index (χ2n) is 7.59. The van der Waals surface area contributed by atoms with Crippen molar-refractivity contribution in [2.24, 2.45) is 0 Å². The highest BCUT2D eigenvalue weighted by atomic mass is 19.1. The van der Waals surface area contributed by atoms with Gasteiger partial charge in [-0.2, -0.15) is 4.98 Å². The lowest BCUT2D eigenvalue weighted by Crippen LogP contribution is -2.20. The Morgan fingerprint density at radius 2 is 1.72 bits per heavy atom. The van der Waals surface area contributed by atoms with Gasteiger partial charge in [-0.05, 0) is 48.4 Å². The molecule has 0 radical (unpaired) electrons. The summed E-state index contributed by atoms with van der Waals surface area (Å²) < 4.78 is 14.9. The molecule has 2 N–H and O–H groups in total. The Kier molecular flexibility index (Phi) is 4.99. The van der Waals surface area contributed by atoms with Crippen LogP contribution in [-0.4, -0.2) is 20.7 Å². The van der Waals surface area contributed by atoms with Gasteiger partial charge in [0.15, 0.2) is 0 Å². The summed E-state index contributed by atoms with van der Waals surface area (Å²) in [6.07, 6.45) is 2.09. The lowest BCUT2D eigenvalue weighted by atomic mass is 10.0. The van der Waals surface area contributed by atoms with Gasteiger partial charge in [0.2, 0.25) is 5.95 Å². The first-order valence-corrected chi connectivity index (χ1v) is 10.2. The molecule has 0 spiro atoms. The first kappa shape index (κ1) is 19.7. The smallest absolute Gasteiger partial charge is 0.258 e. The Bertz CT molecular complexity index is 1290. The zero-order chi connectivity index (χ0) is 22.1. The van der Waals surface area contributed by atoms with Crippen LogP contribution in [0.1, 0.15) is 33.1 Å². The standard InChI is InChI=1S/C25H20FN5O/c1-16-7-9-17(10-8-16)21-15-22(18-5-3-2-4-6-18)31-25(27-21)29-24(30-31)28-23(32)19-11-13-20(26)14-12-19/h2-15,22H,1H3,(H2,27,28,29,30,32)/t22-/m1/s1. The molecule has 6 nitrogen and oxygen atoms in total. The van der Waals surface area contributed by atoms with E-state index in [9.17, 15) is 9.18 Å². The highest BCUT2D eigenvalue weighted by Gasteiger charge is 2.25. The van der Waals surface area contributed by atoms with Gasteiger partial charge >= 0.3 is 0 Å². The topological polar surface area (TPSA) is 71.8 Å². The molecule has 1 amide bonds. The molecule has 32 heavy (non-hydrogen) atoms. The van der Waals surface area contributed by atoms with E-state index in [-0.39, 0.29) is 12.0 Å². The molecule has 7 heteroatoms. The van der Waals surface area contributed by atoms with Gasteiger partial charge in [-0.1, -0.05) is 60.2 Å². The van der Waals surface area contributed by atoms with Crippen LogP contribution in [0.25, 0.3) is 5.70 Å². The van der Waals surface area contributed by atoms with Gasteiger partial charge in [0.05, 0.1) is 0 Å². The number of carbonyl (C=O) groups is 1. The van der Waals surface area contributed by atoms with E-state index < -0.39 is 11.7 Å². The first-order chi connectivity index (χ1) is 15.6. The van der Waals surface area contributed by atoms with E-state index in [0.717, 1.165) is 16.8 Å². The van der Waals surface area contributed by atoms with Crippen molar-refractivity contribution in [2.75, 3.05) is 10.6 Å². The third-order valence-electron chi connectivity index (χ3n) is 5.30. The molecule has 1 aromatic heterocycles. The predicted octanol–water partition coefficient (Wildman–Crippen LogP) is 5.03. The van der Waals surface area contributed by atoms with Crippen molar-refractivity contribution in [1.29, 1.82) is 0 Å². The van der Waals surface area contributed by atoms with Gasteiger partial charge < -0.3 is 5.32 Å². The number of aryl methyl sites for hydroxylation is 1. The van der Waals surface area contributed by atoms with Crippen LogP contribution in [0.3, 0.4) is 0 Å². The normalized spacial score (nSPS) is 14.8. The van der Waals surface area contributed by atoms with E-state index in [1.807, 2.05) is 37.3 Å². The summed E-state index contributed by atoms with van der Waals surface area (Å²) in [7, 11) is 0. The molecule has 0 bridgehead atoms. The summed E-state index contributed by atoms with van der Waals surface area (Å²) in [5, 5.41) is 10.6. The Morgan fingerprint density at radius 1 is 1.00 bits per heavy atom. The van der Waals surface area contributed by atoms with Crippen LogP contribution in [0, 0.1) is 12.7 Å². The lowest BCUT2D eigenvalue weighted by Gasteiger charge is -2.24. The molecular weight excluding hydrogens is 405 g/mol. The molecule has 0 unspecified atom stereocenters. The molecule has 0 fully saturated rings. The van der Waals surface area contributed by atoms with E-state index >= 15 is 0 Å². The maximum absolute atomic E-state index is 13.2. The fraction of sp³-hybridized carbons (Fsp3) is 0.0800.